The molecule has 6 heteroatoms. The Bertz CT molecular complexity index is 790. The molecule has 1 atom stereocenters. The van der Waals surface area contributed by atoms with Gasteiger partial charge in [-0.3, -0.25) is 4.79 Å². The molecule has 1 amide bonds. The monoisotopic (exact) mass is 349 g/mol. The Labute approximate surface area is 140 Å². The van der Waals surface area contributed by atoms with Gasteiger partial charge in [0, 0.05) is 21.8 Å². The summed E-state index contributed by atoms with van der Waals surface area (Å²) >= 11 is 6.12. The highest BCUT2D eigenvalue weighted by Crippen LogP contribution is 2.47. The molecule has 0 saturated carbocycles. The maximum absolute atomic E-state index is 14.6. The molecule has 1 N–H and O–H groups in total. The third kappa shape index (κ3) is 2.69. The van der Waals surface area contributed by atoms with Crippen LogP contribution in [0.3, 0.4) is 0 Å². The van der Waals surface area contributed by atoms with E-state index < -0.39 is 19.7 Å². The smallest absolute Gasteiger partial charge is 0.265 e. The number of rotatable bonds is 3. The summed E-state index contributed by atoms with van der Waals surface area (Å²) in [6, 6.07) is 11.3. The fourth-order valence-corrected chi connectivity index (χ4v) is 4.28. The van der Waals surface area contributed by atoms with Crippen molar-refractivity contribution < 1.29 is 13.6 Å². The van der Waals surface area contributed by atoms with Gasteiger partial charge in [-0.15, -0.1) is 0 Å². The van der Waals surface area contributed by atoms with Gasteiger partial charge in [0.15, 0.2) is 13.9 Å². The summed E-state index contributed by atoms with van der Waals surface area (Å²) in [5.74, 6) is -0.865. The molecule has 1 aliphatic rings. The van der Waals surface area contributed by atoms with Crippen LogP contribution in [0.4, 0.5) is 10.1 Å². The van der Waals surface area contributed by atoms with E-state index in [1.807, 2.05) is 19.6 Å². The van der Waals surface area contributed by atoms with Gasteiger partial charge in [-0.05, 0) is 43.9 Å². The number of hydrogen-bond donors (Lipinski definition) is 1. The first-order valence-corrected chi connectivity index (χ1v) is 11.1. The van der Waals surface area contributed by atoms with Crippen LogP contribution in [0.2, 0.25) is 24.7 Å². The Hall–Kier alpha value is -1.69. The average Bonchev–Trinajstić information content (AvgIpc) is 2.71. The quantitative estimate of drug-likeness (QED) is 0.827. The van der Waals surface area contributed by atoms with E-state index in [-0.39, 0.29) is 11.5 Å². The lowest BCUT2D eigenvalue weighted by Crippen LogP contribution is -2.46. The highest BCUT2D eigenvalue weighted by atomic mass is 35.5. The van der Waals surface area contributed by atoms with E-state index in [1.165, 1.54) is 6.07 Å². The summed E-state index contributed by atoms with van der Waals surface area (Å²) in [6.45, 7) is 5.89. The predicted octanol–water partition coefficient (Wildman–Crippen LogP) is 4.53. The van der Waals surface area contributed by atoms with Crippen LogP contribution in [0, 0.1) is 5.82 Å². The Balaban J connectivity index is 2.33. The number of benzene rings is 2. The van der Waals surface area contributed by atoms with Crippen LogP contribution in [0.15, 0.2) is 42.5 Å². The zero-order chi connectivity index (χ0) is 16.8. The van der Waals surface area contributed by atoms with E-state index in [2.05, 4.69) is 5.32 Å². The molecule has 0 aliphatic carbocycles. The number of halogens is 2. The summed E-state index contributed by atoms with van der Waals surface area (Å²) in [4.78, 5) is 12.9. The first-order chi connectivity index (χ1) is 10.7. The van der Waals surface area contributed by atoms with Crippen LogP contribution in [-0.2, 0) is 14.8 Å². The third-order valence-corrected chi connectivity index (χ3v) is 4.79. The summed E-state index contributed by atoms with van der Waals surface area (Å²) in [7, 11) is -2.20. The molecule has 120 valence electrons. The van der Waals surface area contributed by atoms with Gasteiger partial charge < -0.3 is 9.74 Å². The number of hydrogen-bond acceptors (Lipinski definition) is 2. The van der Waals surface area contributed by atoms with Gasteiger partial charge >= 0.3 is 0 Å². The summed E-state index contributed by atoms with van der Waals surface area (Å²) < 4.78 is 20.8. The fraction of sp³-hybridized carbons (Fsp3) is 0.235. The number of nitrogens with one attached hydrogen (secondary N) is 1. The van der Waals surface area contributed by atoms with Crippen molar-refractivity contribution in [1.29, 1.82) is 0 Å². The molecule has 0 radical (unpaired) electrons. The van der Waals surface area contributed by atoms with Gasteiger partial charge in [-0.25, -0.2) is 4.39 Å². The molecule has 0 saturated heterocycles. The van der Waals surface area contributed by atoms with Gasteiger partial charge in [-0.1, -0.05) is 29.8 Å². The van der Waals surface area contributed by atoms with Crippen molar-refractivity contribution >= 4 is 31.5 Å². The van der Waals surface area contributed by atoms with E-state index in [4.69, 9.17) is 16.0 Å². The van der Waals surface area contributed by atoms with Gasteiger partial charge in [0.1, 0.15) is 5.82 Å². The van der Waals surface area contributed by atoms with Gasteiger partial charge in [0.2, 0.25) is 0 Å². The Morgan fingerprint density at radius 3 is 2.48 bits per heavy atom. The van der Waals surface area contributed by atoms with Crippen molar-refractivity contribution in [3.63, 3.8) is 0 Å². The highest BCUT2D eigenvalue weighted by Gasteiger charge is 2.53. The molecule has 2 aromatic rings. The van der Waals surface area contributed by atoms with E-state index in [0.29, 0.717) is 16.3 Å². The van der Waals surface area contributed by atoms with Crippen LogP contribution in [0.25, 0.3) is 0 Å². The average molecular weight is 350 g/mol. The van der Waals surface area contributed by atoms with Gasteiger partial charge in [0.25, 0.3) is 5.91 Å². The number of fused-ring (bicyclic) bond motifs is 1. The van der Waals surface area contributed by atoms with Crippen LogP contribution in [0.1, 0.15) is 11.1 Å². The van der Waals surface area contributed by atoms with E-state index in [9.17, 15) is 9.18 Å². The zero-order valence-electron chi connectivity index (χ0n) is 13.1. The third-order valence-electron chi connectivity index (χ3n) is 3.64. The van der Waals surface area contributed by atoms with Crippen LogP contribution in [-0.4, -0.2) is 14.2 Å². The lowest BCUT2D eigenvalue weighted by Gasteiger charge is -2.35. The minimum absolute atomic E-state index is 0.209. The molecule has 3 rings (SSSR count). The largest absolute Gasteiger partial charge is 0.397 e. The van der Waals surface area contributed by atoms with E-state index in [1.54, 1.807) is 36.4 Å². The number of carbonyl (C=O) groups is 1. The molecule has 0 aromatic heterocycles. The van der Waals surface area contributed by atoms with Crippen molar-refractivity contribution in [2.24, 2.45) is 0 Å². The fourth-order valence-electron chi connectivity index (χ4n) is 2.88. The maximum atomic E-state index is 14.6. The first kappa shape index (κ1) is 16.2. The molecule has 1 aliphatic heterocycles. The number of carbonyl (C=O) groups excluding carboxylic acids is 1. The van der Waals surface area contributed by atoms with Gasteiger partial charge in [0.05, 0.1) is 0 Å². The second kappa shape index (κ2) is 5.44. The second-order valence-electron chi connectivity index (χ2n) is 6.52. The number of anilines is 1. The lowest BCUT2D eigenvalue weighted by atomic mass is 9.87. The molecular formula is C17H17ClFNO2Si. The van der Waals surface area contributed by atoms with Crippen LogP contribution < -0.4 is 5.32 Å². The molecule has 2 aromatic carbocycles. The molecule has 0 spiro atoms. The number of amides is 1. The van der Waals surface area contributed by atoms with Crippen LogP contribution >= 0.6 is 11.6 Å². The Kier molecular flexibility index (Phi) is 3.82. The predicted molar refractivity (Wildman–Crippen MR) is 91.7 cm³/mol. The maximum Gasteiger partial charge on any atom is 0.265 e. The molecule has 1 unspecified atom stereocenters. The second-order valence-corrected chi connectivity index (χ2v) is 11.4. The highest BCUT2D eigenvalue weighted by molar-refractivity contribution is 6.70. The summed E-state index contributed by atoms with van der Waals surface area (Å²) in [5.41, 5.74) is -0.139. The van der Waals surface area contributed by atoms with E-state index >= 15 is 0 Å². The molecule has 3 nitrogen and oxygen atoms in total. The van der Waals surface area contributed by atoms with Crippen molar-refractivity contribution in [2.45, 2.75) is 25.2 Å². The van der Waals surface area contributed by atoms with Crippen molar-refractivity contribution in [1.82, 2.24) is 0 Å². The molecule has 0 bridgehead atoms. The minimum atomic E-state index is -2.20. The molecular weight excluding hydrogens is 333 g/mol. The Morgan fingerprint density at radius 2 is 1.83 bits per heavy atom. The summed E-state index contributed by atoms with van der Waals surface area (Å²) in [5, 5.41) is 3.27. The topological polar surface area (TPSA) is 38.3 Å². The molecule has 23 heavy (non-hydrogen) atoms. The SMILES string of the molecule is C[Si](C)(C)OC1(c2ccccc2F)C(=O)Nc2ccc(Cl)cc21. The first-order valence-electron chi connectivity index (χ1n) is 7.31. The summed E-state index contributed by atoms with van der Waals surface area (Å²) in [6.07, 6.45) is 0. The van der Waals surface area contributed by atoms with Crippen LogP contribution in [0.5, 0.6) is 0 Å². The zero-order valence-corrected chi connectivity index (χ0v) is 14.9. The van der Waals surface area contributed by atoms with Crippen molar-refractivity contribution in [2.75, 3.05) is 5.32 Å². The van der Waals surface area contributed by atoms with Crippen molar-refractivity contribution in [3.8, 4) is 0 Å². The minimum Gasteiger partial charge on any atom is -0.397 e. The van der Waals surface area contributed by atoms with Gasteiger partial charge in [-0.2, -0.15) is 0 Å². The lowest BCUT2D eigenvalue weighted by molar-refractivity contribution is -0.128. The normalized spacial score (nSPS) is 20.3. The Morgan fingerprint density at radius 1 is 1.13 bits per heavy atom. The molecule has 0 fully saturated rings. The molecule has 1 heterocycles. The van der Waals surface area contributed by atoms with E-state index in [0.717, 1.165) is 0 Å². The standard InChI is InChI=1S/C17H17ClFNO2Si/c1-23(2,3)22-17(12-6-4-5-7-14(12)19)13-10-11(18)8-9-15(13)20-16(17)21/h4-10H,1-3H3,(H,20,21). The van der Waals surface area contributed by atoms with Crippen molar-refractivity contribution in [3.05, 3.63) is 64.4 Å².